The lowest BCUT2D eigenvalue weighted by Crippen LogP contribution is -2.51. The number of nitrogens with zero attached hydrogens (tertiary/aromatic N) is 1. The maximum atomic E-state index is 12.8. The fraction of sp³-hybridized carbons (Fsp3) is 0.735. The van der Waals surface area contributed by atoms with Crippen LogP contribution in [-0.4, -0.2) is 17.0 Å². The van der Waals surface area contributed by atoms with Gasteiger partial charge in [0.15, 0.2) is 0 Å². The molecule has 0 aliphatic heterocycles. The molecule has 39 heavy (non-hydrogen) atoms. The average Bonchev–Trinajstić information content (AvgIpc) is 3.26. The third-order valence-corrected chi connectivity index (χ3v) is 11.8. The minimum Gasteiger partial charge on any atom is -0.458 e. The number of fused-ring (bicyclic) bond motifs is 5. The van der Waals surface area contributed by atoms with Crippen LogP contribution in [0, 0.1) is 56.5 Å². The van der Waals surface area contributed by atoms with Crippen molar-refractivity contribution in [1.82, 2.24) is 0 Å². The number of carbonyl (C=O) groups excluding carboxylic acids is 1. The van der Waals surface area contributed by atoms with Crippen LogP contribution < -0.4 is 0 Å². The number of benzene rings is 1. The molecule has 0 N–H and O–H groups in total. The van der Waals surface area contributed by atoms with Crippen molar-refractivity contribution in [3.63, 3.8) is 0 Å². The molecule has 5 rings (SSSR count). The quantitative estimate of drug-likeness (QED) is 0.144. The molecule has 4 aliphatic carbocycles. The molecule has 0 radical (unpaired) electrons. The first kappa shape index (κ1) is 28.4. The molecule has 0 unspecified atom stereocenters. The monoisotopic (exact) mass is 535 g/mol. The lowest BCUT2D eigenvalue weighted by molar-refractivity contribution is -0.384. The first-order valence-corrected chi connectivity index (χ1v) is 15.7. The lowest BCUT2D eigenvalue weighted by Gasteiger charge is -2.58. The molecule has 0 heterocycles. The van der Waals surface area contributed by atoms with E-state index in [4.69, 9.17) is 4.74 Å². The van der Waals surface area contributed by atoms with Gasteiger partial charge in [0.05, 0.1) is 10.5 Å². The molecule has 0 aromatic heterocycles. The summed E-state index contributed by atoms with van der Waals surface area (Å²) in [5.74, 6) is 4.54. The van der Waals surface area contributed by atoms with Crippen LogP contribution >= 0.6 is 0 Å². The molecule has 3 saturated carbocycles. The van der Waals surface area contributed by atoms with Crippen molar-refractivity contribution in [2.24, 2.45) is 46.3 Å². The molecule has 1 aromatic carbocycles. The van der Waals surface area contributed by atoms with E-state index in [9.17, 15) is 14.9 Å². The summed E-state index contributed by atoms with van der Waals surface area (Å²) in [6.45, 7) is 12.4. The Bertz CT molecular complexity index is 1090. The van der Waals surface area contributed by atoms with E-state index in [2.05, 4.69) is 40.7 Å². The number of allylic oxidation sites excluding steroid dienone is 1. The van der Waals surface area contributed by atoms with Crippen molar-refractivity contribution in [1.29, 1.82) is 0 Å². The van der Waals surface area contributed by atoms with E-state index in [1.165, 1.54) is 81.2 Å². The maximum absolute atomic E-state index is 12.8. The van der Waals surface area contributed by atoms with Crippen molar-refractivity contribution >= 4 is 11.7 Å². The van der Waals surface area contributed by atoms with Gasteiger partial charge in [0.25, 0.3) is 5.69 Å². The van der Waals surface area contributed by atoms with Gasteiger partial charge in [0.2, 0.25) is 0 Å². The summed E-state index contributed by atoms with van der Waals surface area (Å²) >= 11 is 0. The van der Waals surface area contributed by atoms with Crippen LogP contribution in [0.4, 0.5) is 5.69 Å². The van der Waals surface area contributed by atoms with Gasteiger partial charge in [0.1, 0.15) is 6.10 Å². The summed E-state index contributed by atoms with van der Waals surface area (Å²) < 4.78 is 5.93. The van der Waals surface area contributed by atoms with Crippen LogP contribution in [0.15, 0.2) is 35.9 Å². The van der Waals surface area contributed by atoms with Crippen molar-refractivity contribution < 1.29 is 14.5 Å². The van der Waals surface area contributed by atoms with Gasteiger partial charge >= 0.3 is 5.97 Å². The fourth-order valence-corrected chi connectivity index (χ4v) is 9.69. The van der Waals surface area contributed by atoms with E-state index in [0.717, 1.165) is 54.8 Å². The van der Waals surface area contributed by atoms with Crippen molar-refractivity contribution in [2.75, 3.05) is 0 Å². The van der Waals surface area contributed by atoms with Gasteiger partial charge in [-0.25, -0.2) is 4.79 Å². The predicted molar refractivity (Wildman–Crippen MR) is 155 cm³/mol. The molecular weight excluding hydrogens is 486 g/mol. The van der Waals surface area contributed by atoms with E-state index in [-0.39, 0.29) is 23.2 Å². The van der Waals surface area contributed by atoms with Gasteiger partial charge in [-0.05, 0) is 103 Å². The van der Waals surface area contributed by atoms with Gasteiger partial charge in [-0.2, -0.15) is 0 Å². The predicted octanol–water partition coefficient (Wildman–Crippen LogP) is 9.16. The van der Waals surface area contributed by atoms with Crippen LogP contribution in [0.3, 0.4) is 0 Å². The summed E-state index contributed by atoms with van der Waals surface area (Å²) in [6.07, 6.45) is 16.1. The largest absolute Gasteiger partial charge is 0.458 e. The Morgan fingerprint density at radius 1 is 1.03 bits per heavy atom. The molecule has 4 aliphatic rings. The molecule has 8 atom stereocenters. The number of rotatable bonds is 8. The van der Waals surface area contributed by atoms with E-state index in [0.29, 0.717) is 11.0 Å². The minimum atomic E-state index is -0.450. The molecular formula is C34H49NO4. The summed E-state index contributed by atoms with van der Waals surface area (Å²) in [7, 11) is 0. The van der Waals surface area contributed by atoms with Gasteiger partial charge in [0, 0.05) is 18.6 Å². The van der Waals surface area contributed by atoms with Gasteiger partial charge in [-0.15, -0.1) is 0 Å². The fourth-order valence-electron chi connectivity index (χ4n) is 9.69. The molecule has 1 aromatic rings. The SMILES string of the molecule is CC(C)CCC[C@H](C)[C@H]1CC[C@H]2[C@@H]3CC=C4C[C@@H](OC(=O)c5ccc([N+](=O)[O-])cc5)CC[C@]4(C)[C@H]3CC[C@]12C. The Labute approximate surface area is 235 Å². The molecule has 214 valence electrons. The number of hydrogen-bond acceptors (Lipinski definition) is 4. The zero-order valence-corrected chi connectivity index (χ0v) is 24.8. The highest BCUT2D eigenvalue weighted by Crippen LogP contribution is 2.67. The summed E-state index contributed by atoms with van der Waals surface area (Å²) in [6, 6.07) is 5.73. The smallest absolute Gasteiger partial charge is 0.338 e. The summed E-state index contributed by atoms with van der Waals surface area (Å²) in [5, 5.41) is 10.9. The van der Waals surface area contributed by atoms with E-state index < -0.39 is 4.92 Å². The van der Waals surface area contributed by atoms with Gasteiger partial charge in [-0.1, -0.05) is 65.5 Å². The van der Waals surface area contributed by atoms with Crippen LogP contribution in [0.5, 0.6) is 0 Å². The first-order valence-electron chi connectivity index (χ1n) is 15.7. The van der Waals surface area contributed by atoms with Crippen molar-refractivity contribution in [3.8, 4) is 0 Å². The van der Waals surface area contributed by atoms with E-state index >= 15 is 0 Å². The molecule has 5 nitrogen and oxygen atoms in total. The summed E-state index contributed by atoms with van der Waals surface area (Å²) in [5.41, 5.74) is 2.60. The average molecular weight is 536 g/mol. The van der Waals surface area contributed by atoms with Gasteiger partial charge < -0.3 is 4.74 Å². The van der Waals surface area contributed by atoms with Crippen LogP contribution in [0.2, 0.25) is 0 Å². The number of ether oxygens (including phenoxy) is 1. The topological polar surface area (TPSA) is 69.4 Å². The molecule has 0 saturated heterocycles. The van der Waals surface area contributed by atoms with E-state index in [1.54, 1.807) is 0 Å². The molecule has 0 amide bonds. The first-order chi connectivity index (χ1) is 18.5. The molecule has 5 heteroatoms. The van der Waals surface area contributed by atoms with E-state index in [1.807, 2.05) is 0 Å². The maximum Gasteiger partial charge on any atom is 0.338 e. The standard InChI is InChI=1S/C34H49NO4/c1-22(2)7-6-8-23(3)29-15-16-30-28-14-11-25-21-27(17-19-33(25,4)31(28)18-20-34(29,30)5)39-32(36)24-9-12-26(13-10-24)35(37)38/h9-13,22-23,27-31H,6-8,14-21H2,1-5H3/t23-,27-,28-,29+,30-,31-,33-,34+/m0/s1. The summed E-state index contributed by atoms with van der Waals surface area (Å²) in [4.78, 5) is 23.3. The zero-order chi connectivity index (χ0) is 27.9. The zero-order valence-electron chi connectivity index (χ0n) is 24.8. The Kier molecular flexibility index (Phi) is 8.01. The number of hydrogen-bond donors (Lipinski definition) is 0. The Morgan fingerprint density at radius 3 is 2.46 bits per heavy atom. The van der Waals surface area contributed by atoms with Crippen LogP contribution in [0.1, 0.15) is 116 Å². The second-order valence-corrected chi connectivity index (χ2v) is 14.4. The third kappa shape index (κ3) is 5.32. The number of non-ortho nitro benzene ring substituents is 1. The van der Waals surface area contributed by atoms with Crippen LogP contribution in [-0.2, 0) is 4.74 Å². The Morgan fingerprint density at radius 2 is 1.77 bits per heavy atom. The number of carbonyl (C=O) groups is 1. The molecule has 0 bridgehead atoms. The number of esters is 1. The Hall–Kier alpha value is -2.17. The van der Waals surface area contributed by atoms with Crippen molar-refractivity contribution in [2.45, 2.75) is 111 Å². The van der Waals surface area contributed by atoms with Crippen LogP contribution in [0.25, 0.3) is 0 Å². The number of nitro benzene ring substituents is 1. The van der Waals surface area contributed by atoms with Gasteiger partial charge in [-0.3, -0.25) is 10.1 Å². The highest BCUT2D eigenvalue weighted by molar-refractivity contribution is 5.89. The normalized spacial score (nSPS) is 36.4. The molecule has 3 fully saturated rings. The Balaban J connectivity index is 1.23. The number of nitro groups is 1. The highest BCUT2D eigenvalue weighted by atomic mass is 16.6. The highest BCUT2D eigenvalue weighted by Gasteiger charge is 2.59. The third-order valence-electron chi connectivity index (χ3n) is 11.8. The lowest BCUT2D eigenvalue weighted by atomic mass is 9.47. The van der Waals surface area contributed by atoms with Crippen molar-refractivity contribution in [3.05, 3.63) is 51.6 Å². The second kappa shape index (κ2) is 11.0. The second-order valence-electron chi connectivity index (χ2n) is 14.4. The minimum absolute atomic E-state index is 0.0142. The molecule has 0 spiro atoms.